The summed E-state index contributed by atoms with van der Waals surface area (Å²) >= 11 is 0. The Morgan fingerprint density at radius 1 is 0.942 bits per heavy atom. The highest BCUT2D eigenvalue weighted by Gasteiger charge is 2.47. The molecule has 0 bridgehead atoms. The average Bonchev–Trinajstić information content (AvgIpc) is 3.52. The molecule has 4 atom stereocenters. The van der Waals surface area contributed by atoms with Crippen LogP contribution in [0.25, 0.3) is 0 Å². The third-order valence-corrected chi connectivity index (χ3v) is 9.18. The number of alkyl carbamates (subject to hydrolysis) is 1. The van der Waals surface area contributed by atoms with Gasteiger partial charge in [-0.15, -0.1) is 13.2 Å². The van der Waals surface area contributed by atoms with Crippen LogP contribution in [0.1, 0.15) is 78.7 Å². The van der Waals surface area contributed by atoms with E-state index in [1.807, 2.05) is 44.2 Å². The number of likely N-dealkylation sites (tertiary alicyclic amines) is 2. The molecule has 2 aliphatic heterocycles. The van der Waals surface area contributed by atoms with E-state index in [4.69, 9.17) is 9.47 Å². The molecule has 0 radical (unpaired) electrons. The number of benzene rings is 1. The van der Waals surface area contributed by atoms with Gasteiger partial charge in [0, 0.05) is 26.2 Å². The molecule has 52 heavy (non-hydrogen) atoms. The second kappa shape index (κ2) is 19.8. The Morgan fingerprint density at radius 3 is 2.21 bits per heavy atom. The van der Waals surface area contributed by atoms with Gasteiger partial charge in [-0.1, -0.05) is 56.3 Å². The van der Waals surface area contributed by atoms with E-state index in [9.17, 15) is 28.8 Å². The van der Waals surface area contributed by atoms with E-state index in [0.29, 0.717) is 45.2 Å². The summed E-state index contributed by atoms with van der Waals surface area (Å²) in [7, 11) is 0. The molecule has 2 aliphatic rings. The summed E-state index contributed by atoms with van der Waals surface area (Å²) in [5.41, 5.74) is 0.0395. The zero-order valence-electron chi connectivity index (χ0n) is 31.4. The van der Waals surface area contributed by atoms with Crippen LogP contribution < -0.4 is 16.0 Å². The van der Waals surface area contributed by atoms with Crippen LogP contribution in [0, 0.1) is 17.8 Å². The second-order valence-corrected chi connectivity index (χ2v) is 14.9. The lowest BCUT2D eigenvalue weighted by Gasteiger charge is -2.38. The Morgan fingerprint density at radius 2 is 1.62 bits per heavy atom. The maximum Gasteiger partial charge on any atom is 0.410 e. The van der Waals surface area contributed by atoms with Gasteiger partial charge >= 0.3 is 12.2 Å². The van der Waals surface area contributed by atoms with Gasteiger partial charge in [0.25, 0.3) is 5.91 Å². The van der Waals surface area contributed by atoms with E-state index < -0.39 is 59.4 Å². The van der Waals surface area contributed by atoms with E-state index in [-0.39, 0.29) is 43.9 Å². The summed E-state index contributed by atoms with van der Waals surface area (Å²) in [6, 6.07) is 6.24. The molecule has 2 fully saturated rings. The monoisotopic (exact) mass is 723 g/mol. The standard InChI is InChI=1S/C39H57N5O8/c1-8-10-16-30(33(45)35(47)40-20-9-2)41-34(46)32-29(24-26(3)4)19-23-44(32)36(48)31(42-37(49)52-39(5,6)7)28-17-21-43(22-18-28)38(50)51-25-27-14-12-11-13-15-27/h8-9,11-15,26,28-32H,1-2,10,16-25H2,3-7H3,(H,40,47)(H,41,46)(H,42,49)/t29-,30?,31+,32+/m1/s1. The molecule has 0 aliphatic carbocycles. The summed E-state index contributed by atoms with van der Waals surface area (Å²) in [4.78, 5) is 83.6. The molecule has 0 saturated carbocycles. The van der Waals surface area contributed by atoms with E-state index in [2.05, 4.69) is 29.1 Å². The van der Waals surface area contributed by atoms with Gasteiger partial charge in [0.2, 0.25) is 17.6 Å². The van der Waals surface area contributed by atoms with Crippen molar-refractivity contribution < 1.29 is 38.2 Å². The topological polar surface area (TPSA) is 163 Å². The molecule has 3 rings (SSSR count). The van der Waals surface area contributed by atoms with E-state index in [1.165, 1.54) is 11.0 Å². The first-order chi connectivity index (χ1) is 24.6. The number of piperidine rings is 1. The van der Waals surface area contributed by atoms with Crippen molar-refractivity contribution in [3.05, 3.63) is 61.2 Å². The molecule has 2 saturated heterocycles. The van der Waals surface area contributed by atoms with Crippen LogP contribution in [0.3, 0.4) is 0 Å². The maximum absolute atomic E-state index is 14.6. The predicted molar refractivity (Wildman–Crippen MR) is 197 cm³/mol. The highest BCUT2D eigenvalue weighted by Crippen LogP contribution is 2.33. The lowest BCUT2D eigenvalue weighted by atomic mass is 9.87. The number of ketones is 1. The molecule has 13 heteroatoms. The van der Waals surface area contributed by atoms with Crippen LogP contribution >= 0.6 is 0 Å². The number of hydrogen-bond acceptors (Lipinski definition) is 8. The largest absolute Gasteiger partial charge is 0.445 e. The van der Waals surface area contributed by atoms with Gasteiger partial charge < -0.3 is 35.2 Å². The third-order valence-electron chi connectivity index (χ3n) is 9.18. The summed E-state index contributed by atoms with van der Waals surface area (Å²) in [6.07, 6.45) is 4.31. The molecular weight excluding hydrogens is 666 g/mol. The lowest BCUT2D eigenvalue weighted by molar-refractivity contribution is -0.144. The fraction of sp³-hybridized carbons (Fsp3) is 0.590. The van der Waals surface area contributed by atoms with Gasteiger partial charge in [0.15, 0.2) is 0 Å². The zero-order chi connectivity index (χ0) is 38.4. The Bertz CT molecular complexity index is 1420. The minimum absolute atomic E-state index is 0.0912. The molecule has 2 heterocycles. The van der Waals surface area contributed by atoms with Crippen molar-refractivity contribution in [1.29, 1.82) is 0 Å². The van der Waals surface area contributed by atoms with E-state index in [1.54, 1.807) is 31.7 Å². The van der Waals surface area contributed by atoms with Crippen LogP contribution in [0.2, 0.25) is 0 Å². The number of nitrogens with one attached hydrogen (secondary N) is 3. The Balaban J connectivity index is 1.84. The number of nitrogens with zero attached hydrogens (tertiary/aromatic N) is 2. The van der Waals surface area contributed by atoms with Crippen molar-refractivity contribution in [2.45, 2.75) is 103 Å². The Labute approximate surface area is 307 Å². The van der Waals surface area contributed by atoms with Gasteiger partial charge in [0.1, 0.15) is 24.3 Å². The number of amides is 5. The highest BCUT2D eigenvalue weighted by molar-refractivity contribution is 6.38. The van der Waals surface area contributed by atoms with Gasteiger partial charge in [-0.05, 0) is 82.6 Å². The molecule has 3 N–H and O–H groups in total. The number of carbonyl (C=O) groups excluding carboxylic acids is 6. The SMILES string of the molecule is C=CCCC(NC(=O)[C@@H]1[C@@H](CC(C)C)CCN1C(=O)[C@@H](NC(=O)OC(C)(C)C)C1CCN(C(=O)OCc2ccccc2)CC1)C(=O)C(=O)NCC=C. The minimum Gasteiger partial charge on any atom is -0.445 e. The van der Waals surface area contributed by atoms with Crippen molar-refractivity contribution in [2.24, 2.45) is 17.8 Å². The molecule has 286 valence electrons. The number of rotatable bonds is 16. The minimum atomic E-state index is -1.13. The van der Waals surface area contributed by atoms with Gasteiger partial charge in [-0.3, -0.25) is 19.2 Å². The highest BCUT2D eigenvalue weighted by atomic mass is 16.6. The number of allylic oxidation sites excluding steroid dienone is 1. The molecule has 1 aromatic rings. The van der Waals surface area contributed by atoms with Crippen molar-refractivity contribution in [2.75, 3.05) is 26.2 Å². The normalized spacial score (nSPS) is 18.9. The zero-order valence-corrected chi connectivity index (χ0v) is 31.4. The summed E-state index contributed by atoms with van der Waals surface area (Å²) < 4.78 is 11.1. The van der Waals surface area contributed by atoms with Crippen LogP contribution in [0.5, 0.6) is 0 Å². The Kier molecular flexibility index (Phi) is 15.9. The average molecular weight is 724 g/mol. The third kappa shape index (κ3) is 12.5. The fourth-order valence-corrected chi connectivity index (χ4v) is 6.75. The first kappa shape index (κ1) is 41.7. The summed E-state index contributed by atoms with van der Waals surface area (Å²) in [6.45, 7) is 17.6. The van der Waals surface area contributed by atoms with Gasteiger partial charge in [-0.2, -0.15) is 0 Å². The molecule has 0 aromatic heterocycles. The molecule has 1 unspecified atom stereocenters. The predicted octanol–water partition coefficient (Wildman–Crippen LogP) is 4.51. The summed E-state index contributed by atoms with van der Waals surface area (Å²) in [5.74, 6) is -3.02. The first-order valence-corrected chi connectivity index (χ1v) is 18.2. The number of Topliss-reactive ketones (excluding diaryl/α,β-unsaturated/α-hetero) is 1. The number of ether oxygens (including phenoxy) is 2. The lowest BCUT2D eigenvalue weighted by Crippen LogP contribution is -2.60. The molecule has 13 nitrogen and oxygen atoms in total. The molecular formula is C39H57N5O8. The van der Waals surface area contributed by atoms with Crippen molar-refractivity contribution in [3.8, 4) is 0 Å². The summed E-state index contributed by atoms with van der Waals surface area (Å²) in [5, 5.41) is 8.06. The quantitative estimate of drug-likeness (QED) is 0.166. The second-order valence-electron chi connectivity index (χ2n) is 14.9. The molecule has 0 spiro atoms. The molecule has 5 amide bonds. The van der Waals surface area contributed by atoms with Gasteiger partial charge in [0.05, 0.1) is 6.04 Å². The first-order valence-electron chi connectivity index (χ1n) is 18.2. The van der Waals surface area contributed by atoms with Crippen molar-refractivity contribution in [3.63, 3.8) is 0 Å². The van der Waals surface area contributed by atoms with E-state index in [0.717, 1.165) is 5.56 Å². The van der Waals surface area contributed by atoms with Gasteiger partial charge in [-0.25, -0.2) is 9.59 Å². The van der Waals surface area contributed by atoms with Crippen LogP contribution in [-0.2, 0) is 35.3 Å². The Hall–Kier alpha value is -4.68. The van der Waals surface area contributed by atoms with Crippen LogP contribution in [0.4, 0.5) is 9.59 Å². The van der Waals surface area contributed by atoms with E-state index >= 15 is 0 Å². The van der Waals surface area contributed by atoms with Crippen molar-refractivity contribution >= 4 is 35.7 Å². The fourth-order valence-electron chi connectivity index (χ4n) is 6.75. The maximum atomic E-state index is 14.6. The molecule has 1 aromatic carbocycles. The number of carbonyl (C=O) groups is 6. The smallest absolute Gasteiger partial charge is 0.410 e. The number of hydrogen-bond donors (Lipinski definition) is 3. The van der Waals surface area contributed by atoms with Crippen molar-refractivity contribution in [1.82, 2.24) is 25.8 Å². The van der Waals surface area contributed by atoms with Crippen LogP contribution in [-0.4, -0.2) is 95.4 Å². The van der Waals surface area contributed by atoms with Crippen LogP contribution in [0.15, 0.2) is 55.6 Å².